The van der Waals surface area contributed by atoms with E-state index in [2.05, 4.69) is 10.2 Å². The fourth-order valence-corrected chi connectivity index (χ4v) is 3.71. The molecule has 0 saturated carbocycles. The SMILES string of the molecule is O=C(Cc1cccs1)NCC(c1ccc(Cl)cc1)N1CCOCC1. The average molecular weight is 365 g/mol. The van der Waals surface area contributed by atoms with E-state index < -0.39 is 0 Å². The molecule has 1 unspecified atom stereocenters. The van der Waals surface area contributed by atoms with Gasteiger partial charge in [0.05, 0.1) is 25.7 Å². The summed E-state index contributed by atoms with van der Waals surface area (Å²) in [6, 6.07) is 12.0. The lowest BCUT2D eigenvalue weighted by Crippen LogP contribution is -2.44. The summed E-state index contributed by atoms with van der Waals surface area (Å²) in [5.41, 5.74) is 1.16. The zero-order chi connectivity index (χ0) is 16.8. The Morgan fingerprint density at radius 2 is 2.00 bits per heavy atom. The number of carbonyl (C=O) groups is 1. The van der Waals surface area contributed by atoms with E-state index in [1.54, 1.807) is 11.3 Å². The molecule has 0 bridgehead atoms. The summed E-state index contributed by atoms with van der Waals surface area (Å²) in [6.07, 6.45) is 0.439. The fourth-order valence-electron chi connectivity index (χ4n) is 2.88. The molecule has 3 rings (SSSR count). The van der Waals surface area contributed by atoms with Gasteiger partial charge in [-0.2, -0.15) is 0 Å². The molecule has 1 N–H and O–H groups in total. The van der Waals surface area contributed by atoms with Crippen LogP contribution in [0.4, 0.5) is 0 Å². The highest BCUT2D eigenvalue weighted by Crippen LogP contribution is 2.23. The number of benzene rings is 1. The maximum Gasteiger partial charge on any atom is 0.225 e. The molecular weight excluding hydrogens is 344 g/mol. The fraction of sp³-hybridized carbons (Fsp3) is 0.389. The summed E-state index contributed by atoms with van der Waals surface area (Å²) in [6.45, 7) is 3.79. The quantitative estimate of drug-likeness (QED) is 0.856. The van der Waals surface area contributed by atoms with Crippen LogP contribution in [0.3, 0.4) is 0 Å². The van der Waals surface area contributed by atoms with E-state index in [1.807, 2.05) is 41.8 Å². The van der Waals surface area contributed by atoms with Gasteiger partial charge in [-0.15, -0.1) is 11.3 Å². The predicted octanol–water partition coefficient (Wildman–Crippen LogP) is 3.13. The smallest absolute Gasteiger partial charge is 0.225 e. The van der Waals surface area contributed by atoms with Gasteiger partial charge in [0, 0.05) is 29.5 Å². The maximum absolute atomic E-state index is 12.2. The van der Waals surface area contributed by atoms with Gasteiger partial charge in [0.15, 0.2) is 0 Å². The van der Waals surface area contributed by atoms with E-state index in [4.69, 9.17) is 16.3 Å². The lowest BCUT2D eigenvalue weighted by atomic mass is 10.0. The summed E-state index contributed by atoms with van der Waals surface area (Å²) < 4.78 is 5.45. The molecule has 1 fully saturated rings. The van der Waals surface area contributed by atoms with Crippen LogP contribution in [-0.4, -0.2) is 43.7 Å². The number of hydrogen-bond donors (Lipinski definition) is 1. The van der Waals surface area contributed by atoms with Crippen LogP contribution in [0.2, 0.25) is 5.02 Å². The van der Waals surface area contributed by atoms with Gasteiger partial charge in [-0.25, -0.2) is 0 Å². The van der Waals surface area contributed by atoms with Crippen LogP contribution in [0.5, 0.6) is 0 Å². The van der Waals surface area contributed by atoms with Crippen LogP contribution in [0.1, 0.15) is 16.5 Å². The Kier molecular flexibility index (Phi) is 6.26. The van der Waals surface area contributed by atoms with Crippen molar-refractivity contribution in [3.05, 3.63) is 57.2 Å². The molecule has 6 heteroatoms. The van der Waals surface area contributed by atoms with Gasteiger partial charge in [-0.05, 0) is 29.1 Å². The molecule has 1 aliphatic heterocycles. The van der Waals surface area contributed by atoms with Crippen LogP contribution in [0, 0.1) is 0 Å². The van der Waals surface area contributed by atoms with Crippen LogP contribution in [-0.2, 0) is 16.0 Å². The number of nitrogens with one attached hydrogen (secondary N) is 1. The summed E-state index contributed by atoms with van der Waals surface area (Å²) in [5.74, 6) is 0.0599. The highest BCUT2D eigenvalue weighted by Gasteiger charge is 2.23. The molecule has 128 valence electrons. The Morgan fingerprint density at radius 3 is 2.67 bits per heavy atom. The number of ether oxygens (including phenoxy) is 1. The van der Waals surface area contributed by atoms with Crippen molar-refractivity contribution in [1.82, 2.24) is 10.2 Å². The molecule has 0 aliphatic carbocycles. The minimum atomic E-state index is 0.0599. The lowest BCUT2D eigenvalue weighted by Gasteiger charge is -2.35. The third-order valence-corrected chi connectivity index (χ3v) is 5.28. The Morgan fingerprint density at radius 1 is 1.25 bits per heavy atom. The van der Waals surface area contributed by atoms with Gasteiger partial charge in [-0.3, -0.25) is 9.69 Å². The Labute approximate surface area is 151 Å². The summed E-state index contributed by atoms with van der Waals surface area (Å²) in [5, 5.41) is 5.80. The topological polar surface area (TPSA) is 41.6 Å². The molecule has 0 radical (unpaired) electrons. The second kappa shape index (κ2) is 8.62. The van der Waals surface area contributed by atoms with E-state index in [1.165, 1.54) is 0 Å². The number of morpholine rings is 1. The number of halogens is 1. The number of carbonyl (C=O) groups excluding carboxylic acids is 1. The molecular formula is C18H21ClN2O2S. The molecule has 1 amide bonds. The van der Waals surface area contributed by atoms with Gasteiger partial charge < -0.3 is 10.1 Å². The number of thiophene rings is 1. The highest BCUT2D eigenvalue weighted by molar-refractivity contribution is 7.10. The zero-order valence-corrected chi connectivity index (χ0v) is 15.0. The minimum Gasteiger partial charge on any atom is -0.379 e. The Bertz CT molecular complexity index is 640. The van der Waals surface area contributed by atoms with Gasteiger partial charge in [0.1, 0.15) is 0 Å². The number of hydrogen-bond acceptors (Lipinski definition) is 4. The van der Waals surface area contributed by atoms with E-state index in [0.29, 0.717) is 13.0 Å². The maximum atomic E-state index is 12.2. The van der Waals surface area contributed by atoms with Crippen molar-refractivity contribution in [3.63, 3.8) is 0 Å². The molecule has 0 spiro atoms. The van der Waals surface area contributed by atoms with E-state index in [-0.39, 0.29) is 11.9 Å². The molecule has 1 saturated heterocycles. The molecule has 1 aliphatic rings. The third kappa shape index (κ3) is 4.80. The van der Waals surface area contributed by atoms with Crippen molar-refractivity contribution in [1.29, 1.82) is 0 Å². The normalized spacial score (nSPS) is 16.7. The van der Waals surface area contributed by atoms with Crippen molar-refractivity contribution >= 4 is 28.8 Å². The number of amides is 1. The first-order chi connectivity index (χ1) is 11.7. The van der Waals surface area contributed by atoms with Crippen LogP contribution < -0.4 is 5.32 Å². The highest BCUT2D eigenvalue weighted by atomic mass is 35.5. The Balaban J connectivity index is 1.65. The van der Waals surface area contributed by atoms with Crippen LogP contribution in [0.25, 0.3) is 0 Å². The van der Waals surface area contributed by atoms with E-state index >= 15 is 0 Å². The van der Waals surface area contributed by atoms with Gasteiger partial charge in [0.2, 0.25) is 5.91 Å². The summed E-state index contributed by atoms with van der Waals surface area (Å²) in [7, 11) is 0. The summed E-state index contributed by atoms with van der Waals surface area (Å²) in [4.78, 5) is 15.7. The first-order valence-corrected chi connectivity index (χ1v) is 9.34. The molecule has 24 heavy (non-hydrogen) atoms. The second-order valence-corrected chi connectivity index (χ2v) is 7.24. The number of nitrogens with zero attached hydrogens (tertiary/aromatic N) is 1. The average Bonchev–Trinajstić information content (AvgIpc) is 3.10. The lowest BCUT2D eigenvalue weighted by molar-refractivity contribution is -0.120. The first-order valence-electron chi connectivity index (χ1n) is 8.09. The second-order valence-electron chi connectivity index (χ2n) is 5.78. The molecule has 4 nitrogen and oxygen atoms in total. The van der Waals surface area contributed by atoms with E-state index in [0.717, 1.165) is 41.8 Å². The largest absolute Gasteiger partial charge is 0.379 e. The van der Waals surface area contributed by atoms with Crippen LogP contribution >= 0.6 is 22.9 Å². The standard InChI is InChI=1S/C18H21ClN2O2S/c19-15-5-3-14(4-6-15)17(21-7-9-23-10-8-21)13-20-18(22)12-16-2-1-11-24-16/h1-6,11,17H,7-10,12-13H2,(H,20,22). The van der Waals surface area contributed by atoms with Gasteiger partial charge in [-0.1, -0.05) is 29.8 Å². The minimum absolute atomic E-state index is 0.0599. The predicted molar refractivity (Wildman–Crippen MR) is 97.6 cm³/mol. The molecule has 1 atom stereocenters. The first kappa shape index (κ1) is 17.4. The van der Waals surface area contributed by atoms with Crippen molar-refractivity contribution in [2.24, 2.45) is 0 Å². The van der Waals surface area contributed by atoms with Gasteiger partial charge >= 0.3 is 0 Å². The van der Waals surface area contributed by atoms with Crippen molar-refractivity contribution in [2.75, 3.05) is 32.8 Å². The molecule has 1 aromatic heterocycles. The Hall–Kier alpha value is -1.40. The molecule has 2 heterocycles. The monoisotopic (exact) mass is 364 g/mol. The molecule has 2 aromatic rings. The van der Waals surface area contributed by atoms with E-state index in [9.17, 15) is 4.79 Å². The van der Waals surface area contributed by atoms with Crippen molar-refractivity contribution in [2.45, 2.75) is 12.5 Å². The molecule has 1 aromatic carbocycles. The van der Waals surface area contributed by atoms with Gasteiger partial charge in [0.25, 0.3) is 0 Å². The summed E-state index contributed by atoms with van der Waals surface area (Å²) >= 11 is 7.62. The van der Waals surface area contributed by atoms with Crippen LogP contribution in [0.15, 0.2) is 41.8 Å². The third-order valence-electron chi connectivity index (χ3n) is 4.15. The number of rotatable bonds is 6. The zero-order valence-electron chi connectivity index (χ0n) is 13.4. The van der Waals surface area contributed by atoms with Crippen molar-refractivity contribution < 1.29 is 9.53 Å². The van der Waals surface area contributed by atoms with Crippen molar-refractivity contribution in [3.8, 4) is 0 Å².